The van der Waals surface area contributed by atoms with Crippen LogP contribution in [0.15, 0.2) is 30.6 Å². The number of cyclic esters (lactones) is 1. The van der Waals surface area contributed by atoms with Crippen LogP contribution in [0.4, 0.5) is 11.6 Å². The van der Waals surface area contributed by atoms with Crippen molar-refractivity contribution in [2.24, 2.45) is 5.73 Å². The number of sulfone groups is 1. The van der Waals surface area contributed by atoms with Crippen molar-refractivity contribution in [2.45, 2.75) is 50.0 Å². The Bertz CT molecular complexity index is 1430. The quantitative estimate of drug-likeness (QED) is 0.487. The summed E-state index contributed by atoms with van der Waals surface area (Å²) < 4.78 is 34.6. The monoisotopic (exact) mass is 497 g/mol. The summed E-state index contributed by atoms with van der Waals surface area (Å²) in [7, 11) is -3.07. The van der Waals surface area contributed by atoms with Crippen molar-refractivity contribution < 1.29 is 22.7 Å². The van der Waals surface area contributed by atoms with Crippen molar-refractivity contribution >= 4 is 38.2 Å². The predicted molar refractivity (Wildman–Crippen MR) is 131 cm³/mol. The van der Waals surface area contributed by atoms with E-state index < -0.39 is 15.4 Å². The number of pyridine rings is 3. The molecular formula is C24H27N5O5S. The minimum absolute atomic E-state index is 0.216. The molecule has 0 bridgehead atoms. The zero-order valence-electron chi connectivity index (χ0n) is 19.7. The number of nitrogens with one attached hydrogen (secondary N) is 1. The summed E-state index contributed by atoms with van der Waals surface area (Å²) in [5, 5.41) is 4.34. The molecule has 0 radical (unpaired) electrons. The second-order valence-corrected chi connectivity index (χ2v) is 12.0. The molecule has 0 spiro atoms. The molecule has 3 aromatic heterocycles. The molecule has 1 saturated carbocycles. The third-order valence-electron chi connectivity index (χ3n) is 6.39. The zero-order chi connectivity index (χ0) is 25.0. The lowest BCUT2D eigenvalue weighted by molar-refractivity contribution is 0.0477. The molecule has 1 fully saturated rings. The lowest BCUT2D eigenvalue weighted by atomic mass is 9.92. The van der Waals surface area contributed by atoms with Crippen molar-refractivity contribution in [2.75, 3.05) is 18.2 Å². The van der Waals surface area contributed by atoms with Gasteiger partial charge < -0.3 is 20.5 Å². The minimum atomic E-state index is -3.07. The maximum Gasteiger partial charge on any atom is 0.340 e. The minimum Gasteiger partial charge on any atom is -0.474 e. The van der Waals surface area contributed by atoms with E-state index in [-0.39, 0.29) is 17.3 Å². The maximum atomic E-state index is 11.9. The summed E-state index contributed by atoms with van der Waals surface area (Å²) in [6.07, 6.45) is 5.83. The van der Waals surface area contributed by atoms with Gasteiger partial charge in [-0.1, -0.05) is 0 Å². The van der Waals surface area contributed by atoms with Crippen LogP contribution >= 0.6 is 0 Å². The molecule has 0 atom stereocenters. The van der Waals surface area contributed by atoms with Crippen molar-refractivity contribution in [1.82, 2.24) is 15.0 Å². The van der Waals surface area contributed by atoms with Crippen LogP contribution in [0, 0.1) is 0 Å². The topological polar surface area (TPSA) is 146 Å². The summed E-state index contributed by atoms with van der Waals surface area (Å²) in [6, 6.07) is 5.27. The van der Waals surface area contributed by atoms with Crippen LogP contribution in [0.2, 0.25) is 0 Å². The predicted octanol–water partition coefficient (Wildman–Crippen LogP) is 2.63. The molecule has 1 aliphatic carbocycles. The van der Waals surface area contributed by atoms with Crippen LogP contribution < -0.4 is 15.8 Å². The van der Waals surface area contributed by atoms with Crippen molar-refractivity contribution in [3.63, 3.8) is 0 Å². The molecule has 3 aromatic rings. The fraction of sp³-hybridized carbons (Fsp3) is 0.417. The number of carbonyl (C=O) groups excluding carboxylic acids is 1. The van der Waals surface area contributed by atoms with E-state index in [9.17, 15) is 13.2 Å². The highest BCUT2D eigenvalue weighted by Gasteiger charge is 2.38. The van der Waals surface area contributed by atoms with Crippen LogP contribution in [-0.2, 0) is 26.5 Å². The van der Waals surface area contributed by atoms with E-state index in [4.69, 9.17) is 15.2 Å². The molecule has 0 saturated heterocycles. The molecule has 4 heterocycles. The van der Waals surface area contributed by atoms with Gasteiger partial charge in [0.1, 0.15) is 17.7 Å². The van der Waals surface area contributed by atoms with E-state index in [1.807, 2.05) is 19.9 Å². The average molecular weight is 498 g/mol. The fourth-order valence-electron chi connectivity index (χ4n) is 4.30. The van der Waals surface area contributed by atoms with Crippen LogP contribution in [0.1, 0.15) is 48.3 Å². The Morgan fingerprint density at radius 2 is 1.91 bits per heavy atom. The summed E-state index contributed by atoms with van der Waals surface area (Å²) in [4.78, 5) is 25.4. The Labute approximate surface area is 203 Å². The molecule has 184 valence electrons. The molecule has 2 aliphatic rings. The molecule has 3 N–H and O–H groups in total. The number of esters is 1. The zero-order valence-corrected chi connectivity index (χ0v) is 20.6. The van der Waals surface area contributed by atoms with E-state index in [0.29, 0.717) is 60.0 Å². The first kappa shape index (κ1) is 23.4. The Morgan fingerprint density at radius 1 is 1.14 bits per heavy atom. The number of hydrogen-bond donors (Lipinski definition) is 2. The highest BCUT2D eigenvalue weighted by atomic mass is 32.2. The van der Waals surface area contributed by atoms with Crippen LogP contribution in [0.25, 0.3) is 10.8 Å². The van der Waals surface area contributed by atoms with Gasteiger partial charge in [0, 0.05) is 43.5 Å². The molecule has 35 heavy (non-hydrogen) atoms. The number of carbonyl (C=O) groups is 1. The first-order valence-electron chi connectivity index (χ1n) is 11.4. The van der Waals surface area contributed by atoms with Gasteiger partial charge in [-0.15, -0.1) is 0 Å². The molecule has 0 unspecified atom stereocenters. The molecule has 11 heteroatoms. The van der Waals surface area contributed by atoms with Crippen molar-refractivity contribution in [3.05, 3.63) is 47.4 Å². The number of nitrogens with two attached hydrogens (primary N) is 1. The normalized spacial score (nSPS) is 20.1. The first-order valence-corrected chi connectivity index (χ1v) is 13.3. The van der Waals surface area contributed by atoms with Crippen LogP contribution in [0.5, 0.6) is 5.88 Å². The van der Waals surface area contributed by atoms with E-state index in [0.717, 1.165) is 10.9 Å². The van der Waals surface area contributed by atoms with Gasteiger partial charge in [0.15, 0.2) is 9.84 Å². The smallest absolute Gasteiger partial charge is 0.340 e. The van der Waals surface area contributed by atoms with Gasteiger partial charge in [-0.25, -0.2) is 28.2 Å². The summed E-state index contributed by atoms with van der Waals surface area (Å²) in [6.45, 7) is 4.10. The second kappa shape index (κ2) is 8.42. The van der Waals surface area contributed by atoms with Gasteiger partial charge in [-0.3, -0.25) is 0 Å². The van der Waals surface area contributed by atoms with Gasteiger partial charge in [-0.2, -0.15) is 0 Å². The number of aromatic nitrogens is 3. The van der Waals surface area contributed by atoms with E-state index in [1.54, 1.807) is 24.5 Å². The van der Waals surface area contributed by atoms with Gasteiger partial charge in [-0.05, 0) is 43.0 Å². The highest BCUT2D eigenvalue weighted by Crippen LogP contribution is 2.36. The molecule has 1 aliphatic heterocycles. The summed E-state index contributed by atoms with van der Waals surface area (Å²) in [5.41, 5.74) is 7.72. The molecule has 0 amide bonds. The van der Waals surface area contributed by atoms with Gasteiger partial charge in [0.2, 0.25) is 5.88 Å². The second-order valence-electron chi connectivity index (χ2n) is 9.68. The lowest BCUT2D eigenvalue weighted by Crippen LogP contribution is -2.42. The molecule has 5 rings (SSSR count). The first-order chi connectivity index (χ1) is 16.5. The lowest BCUT2D eigenvalue weighted by Gasteiger charge is -2.34. The summed E-state index contributed by atoms with van der Waals surface area (Å²) in [5.74, 6) is 1.14. The molecule has 0 aromatic carbocycles. The third kappa shape index (κ3) is 4.65. The van der Waals surface area contributed by atoms with Gasteiger partial charge >= 0.3 is 5.97 Å². The summed E-state index contributed by atoms with van der Waals surface area (Å²) >= 11 is 0. The number of ether oxygens (including phenoxy) is 2. The van der Waals surface area contributed by atoms with E-state index in [1.165, 1.54) is 6.26 Å². The SMILES string of the molecule is CC(C)(N)c1cnc(O[C@H]2C[C@@H](S(C)(=O)=O)C2)c2cnc(Nc3ccc4c(n3)CCOC4=O)cc12. The average Bonchev–Trinajstić information content (AvgIpc) is 2.74. The molecule has 10 nitrogen and oxygen atoms in total. The Morgan fingerprint density at radius 3 is 2.63 bits per heavy atom. The van der Waals surface area contributed by atoms with Crippen molar-refractivity contribution in [1.29, 1.82) is 0 Å². The number of hydrogen-bond acceptors (Lipinski definition) is 10. The number of nitrogens with zero attached hydrogens (tertiary/aromatic N) is 3. The fourth-order valence-corrected chi connectivity index (χ4v) is 5.43. The standard InChI is InChI=1S/C24H27N5O5S/c1-24(2,25)18-12-27-22(34-13-8-14(9-13)35(3,31)32)17-11-26-21(10-16(17)18)29-20-5-4-15-19(28-20)6-7-33-23(15)30/h4-5,10-14H,6-9,25H2,1-3H3,(H,26,28,29)/t13-,14+. The number of fused-ring (bicyclic) bond motifs is 2. The van der Waals surface area contributed by atoms with Crippen molar-refractivity contribution in [3.8, 4) is 5.88 Å². The number of rotatable bonds is 6. The van der Waals surface area contributed by atoms with Gasteiger partial charge in [0.25, 0.3) is 0 Å². The Balaban J connectivity index is 1.45. The Hall–Kier alpha value is -3.31. The largest absolute Gasteiger partial charge is 0.474 e. The van der Waals surface area contributed by atoms with E-state index in [2.05, 4.69) is 20.3 Å². The third-order valence-corrected chi connectivity index (χ3v) is 7.98. The van der Waals surface area contributed by atoms with Gasteiger partial charge in [0.05, 0.1) is 28.5 Å². The van der Waals surface area contributed by atoms with E-state index >= 15 is 0 Å². The Kier molecular flexibility index (Phi) is 5.64. The van der Waals surface area contributed by atoms with Crippen LogP contribution in [-0.4, -0.2) is 53.6 Å². The molecular weight excluding hydrogens is 470 g/mol. The maximum absolute atomic E-state index is 11.9. The van der Waals surface area contributed by atoms with Crippen LogP contribution in [0.3, 0.4) is 0 Å². The number of anilines is 2. The highest BCUT2D eigenvalue weighted by molar-refractivity contribution is 7.91.